The van der Waals surface area contributed by atoms with Crippen LogP contribution in [0.3, 0.4) is 0 Å². The summed E-state index contributed by atoms with van der Waals surface area (Å²) in [6, 6.07) is 0. The molecule has 5 nitrogen and oxygen atoms in total. The number of carbonyl (C=O) groups is 2. The van der Waals surface area contributed by atoms with Crippen molar-refractivity contribution < 1.29 is 19.4 Å². The molecule has 0 unspecified atom stereocenters. The molecule has 0 bridgehead atoms. The number of ether oxygens (including phenoxy) is 1. The van der Waals surface area contributed by atoms with E-state index in [1.165, 1.54) is 37.0 Å². The fourth-order valence-corrected chi connectivity index (χ4v) is 1.95. The Labute approximate surface area is 128 Å². The van der Waals surface area contributed by atoms with Crippen LogP contribution in [-0.4, -0.2) is 41.8 Å². The van der Waals surface area contributed by atoms with Gasteiger partial charge in [0.1, 0.15) is 0 Å². The van der Waals surface area contributed by atoms with E-state index < -0.39 is 12.1 Å². The molecule has 1 rings (SSSR count). The molecule has 1 amide bonds. The number of rotatable bonds is 6. The standard InChI is InChI=1S/C9H13NO4.C7H16/c1-2-14-9(13)10-5-3-4-7(6-10)8(11)12;1-3-5-7-6-4-2/h4H,2-3,5-6H2,1H3,(H,11,12);3-7H2,1-2H3. The molecule has 1 aliphatic rings. The van der Waals surface area contributed by atoms with Crippen molar-refractivity contribution >= 4 is 12.1 Å². The van der Waals surface area contributed by atoms with E-state index in [4.69, 9.17) is 9.84 Å². The lowest BCUT2D eigenvalue weighted by molar-refractivity contribution is -0.133. The third-order valence-electron chi connectivity index (χ3n) is 3.16. The number of unbranched alkanes of at least 4 members (excludes halogenated alkanes) is 4. The third-order valence-corrected chi connectivity index (χ3v) is 3.16. The molecule has 5 heteroatoms. The number of nitrogens with zero attached hydrogens (tertiary/aromatic N) is 1. The van der Waals surface area contributed by atoms with E-state index in [0.29, 0.717) is 19.6 Å². The molecule has 0 aliphatic carbocycles. The molecule has 21 heavy (non-hydrogen) atoms. The van der Waals surface area contributed by atoms with Crippen LogP contribution in [0.5, 0.6) is 0 Å². The van der Waals surface area contributed by atoms with Crippen molar-refractivity contribution in [2.75, 3.05) is 19.7 Å². The van der Waals surface area contributed by atoms with E-state index in [-0.39, 0.29) is 12.1 Å². The molecule has 0 aromatic heterocycles. The Morgan fingerprint density at radius 2 is 1.81 bits per heavy atom. The second-order valence-electron chi connectivity index (χ2n) is 5.00. The van der Waals surface area contributed by atoms with Crippen LogP contribution in [0, 0.1) is 0 Å². The van der Waals surface area contributed by atoms with Gasteiger partial charge in [0.05, 0.1) is 18.7 Å². The lowest BCUT2D eigenvalue weighted by atomic mass is 10.1. The van der Waals surface area contributed by atoms with Crippen molar-refractivity contribution in [1.29, 1.82) is 0 Å². The molecule has 0 aromatic rings. The monoisotopic (exact) mass is 299 g/mol. The molecule has 0 saturated carbocycles. The molecule has 0 spiro atoms. The van der Waals surface area contributed by atoms with Gasteiger partial charge in [-0.25, -0.2) is 9.59 Å². The number of hydrogen-bond donors (Lipinski definition) is 1. The van der Waals surface area contributed by atoms with Gasteiger partial charge in [0.25, 0.3) is 0 Å². The van der Waals surface area contributed by atoms with E-state index in [9.17, 15) is 9.59 Å². The lowest BCUT2D eigenvalue weighted by Crippen LogP contribution is -2.37. The number of hydrogen-bond acceptors (Lipinski definition) is 3. The van der Waals surface area contributed by atoms with Gasteiger partial charge in [0, 0.05) is 6.54 Å². The van der Waals surface area contributed by atoms with Gasteiger partial charge in [-0.05, 0) is 13.3 Å². The number of amides is 1. The first kappa shape index (κ1) is 19.5. The molecule has 0 saturated heterocycles. The first-order chi connectivity index (χ1) is 10.1. The van der Waals surface area contributed by atoms with Crippen LogP contribution in [-0.2, 0) is 9.53 Å². The fourth-order valence-electron chi connectivity index (χ4n) is 1.95. The van der Waals surface area contributed by atoms with Crippen molar-refractivity contribution in [1.82, 2.24) is 4.90 Å². The molecule has 1 N–H and O–H groups in total. The van der Waals surface area contributed by atoms with Crippen LogP contribution >= 0.6 is 0 Å². The lowest BCUT2D eigenvalue weighted by Gasteiger charge is -2.24. The Morgan fingerprint density at radius 3 is 2.29 bits per heavy atom. The number of carboxylic acids is 1. The highest BCUT2D eigenvalue weighted by atomic mass is 16.6. The Morgan fingerprint density at radius 1 is 1.19 bits per heavy atom. The summed E-state index contributed by atoms with van der Waals surface area (Å²) < 4.78 is 4.78. The Bertz CT molecular complexity index is 335. The molecule has 1 aliphatic heterocycles. The summed E-state index contributed by atoms with van der Waals surface area (Å²) in [6.07, 6.45) is 8.77. The molecular formula is C16H29NO4. The summed E-state index contributed by atoms with van der Waals surface area (Å²) in [5.41, 5.74) is 0.254. The van der Waals surface area contributed by atoms with Crippen molar-refractivity contribution in [2.45, 2.75) is 59.3 Å². The zero-order valence-corrected chi connectivity index (χ0v) is 13.6. The van der Waals surface area contributed by atoms with E-state index in [1.54, 1.807) is 13.0 Å². The minimum absolute atomic E-state index is 0.133. The fraction of sp³-hybridized carbons (Fsp3) is 0.750. The molecule has 0 fully saturated rings. The van der Waals surface area contributed by atoms with Crippen molar-refractivity contribution in [3.63, 3.8) is 0 Å². The smallest absolute Gasteiger partial charge is 0.410 e. The van der Waals surface area contributed by atoms with E-state index in [2.05, 4.69) is 13.8 Å². The molecule has 122 valence electrons. The molecular weight excluding hydrogens is 270 g/mol. The van der Waals surface area contributed by atoms with Gasteiger partial charge in [-0.3, -0.25) is 0 Å². The van der Waals surface area contributed by atoms with Crippen molar-refractivity contribution in [3.05, 3.63) is 11.6 Å². The van der Waals surface area contributed by atoms with Crippen LogP contribution in [0.1, 0.15) is 59.3 Å². The van der Waals surface area contributed by atoms with Crippen LogP contribution in [0.2, 0.25) is 0 Å². The SMILES string of the molecule is CCCCCCC.CCOC(=O)N1CCC=C(C(=O)O)C1. The highest BCUT2D eigenvalue weighted by molar-refractivity contribution is 5.88. The van der Waals surface area contributed by atoms with E-state index in [1.807, 2.05) is 0 Å². The van der Waals surface area contributed by atoms with Crippen LogP contribution < -0.4 is 0 Å². The Hall–Kier alpha value is -1.52. The van der Waals surface area contributed by atoms with Crippen LogP contribution in [0.25, 0.3) is 0 Å². The summed E-state index contributed by atoms with van der Waals surface area (Å²) in [4.78, 5) is 23.3. The maximum absolute atomic E-state index is 11.2. The largest absolute Gasteiger partial charge is 0.478 e. The van der Waals surface area contributed by atoms with Gasteiger partial charge in [-0.15, -0.1) is 0 Å². The molecule has 1 heterocycles. The topological polar surface area (TPSA) is 66.8 Å². The summed E-state index contributed by atoms with van der Waals surface area (Å²) >= 11 is 0. The Balaban J connectivity index is 0.000000486. The van der Waals surface area contributed by atoms with E-state index in [0.717, 1.165) is 0 Å². The Kier molecular flexibility index (Phi) is 11.4. The van der Waals surface area contributed by atoms with Crippen molar-refractivity contribution in [2.24, 2.45) is 0 Å². The summed E-state index contributed by atoms with van der Waals surface area (Å²) in [7, 11) is 0. The molecule has 0 aromatic carbocycles. The second-order valence-corrected chi connectivity index (χ2v) is 5.00. The van der Waals surface area contributed by atoms with Gasteiger partial charge in [0.2, 0.25) is 0 Å². The highest BCUT2D eigenvalue weighted by Gasteiger charge is 2.21. The first-order valence-electron chi connectivity index (χ1n) is 7.90. The molecule has 0 radical (unpaired) electrons. The zero-order valence-electron chi connectivity index (χ0n) is 13.6. The van der Waals surface area contributed by atoms with Gasteiger partial charge in [-0.2, -0.15) is 0 Å². The maximum Gasteiger partial charge on any atom is 0.410 e. The third kappa shape index (κ3) is 9.10. The number of carbonyl (C=O) groups excluding carboxylic acids is 1. The highest BCUT2D eigenvalue weighted by Crippen LogP contribution is 2.10. The normalized spacial score (nSPS) is 13.9. The minimum Gasteiger partial charge on any atom is -0.478 e. The number of carboxylic acid groups (broad SMARTS) is 1. The van der Waals surface area contributed by atoms with Crippen LogP contribution in [0.4, 0.5) is 4.79 Å². The summed E-state index contributed by atoms with van der Waals surface area (Å²) in [5, 5.41) is 8.72. The maximum atomic E-state index is 11.2. The average molecular weight is 299 g/mol. The van der Waals surface area contributed by atoms with Crippen LogP contribution in [0.15, 0.2) is 11.6 Å². The van der Waals surface area contributed by atoms with Gasteiger partial charge < -0.3 is 14.7 Å². The predicted molar refractivity (Wildman–Crippen MR) is 83.4 cm³/mol. The van der Waals surface area contributed by atoms with Gasteiger partial charge >= 0.3 is 12.1 Å². The quantitative estimate of drug-likeness (QED) is 0.757. The number of aliphatic carboxylic acids is 1. The summed E-state index contributed by atoms with van der Waals surface area (Å²) in [6.45, 7) is 7.17. The van der Waals surface area contributed by atoms with E-state index >= 15 is 0 Å². The second kappa shape index (κ2) is 12.2. The summed E-state index contributed by atoms with van der Waals surface area (Å²) in [5.74, 6) is -0.973. The van der Waals surface area contributed by atoms with Gasteiger partial charge in [0.15, 0.2) is 0 Å². The zero-order chi connectivity index (χ0) is 16.1. The predicted octanol–water partition coefficient (Wildman–Crippen LogP) is 3.84. The van der Waals surface area contributed by atoms with Gasteiger partial charge in [-0.1, -0.05) is 52.0 Å². The van der Waals surface area contributed by atoms with Crippen molar-refractivity contribution in [3.8, 4) is 0 Å². The average Bonchev–Trinajstić information content (AvgIpc) is 2.49. The molecule has 0 atom stereocenters. The first-order valence-corrected chi connectivity index (χ1v) is 7.90. The minimum atomic E-state index is -0.973.